The van der Waals surface area contributed by atoms with E-state index in [0.29, 0.717) is 11.4 Å². The number of benzene rings is 1. The second kappa shape index (κ2) is 5.00. The van der Waals surface area contributed by atoms with Gasteiger partial charge >= 0.3 is 0 Å². The third-order valence-electron chi connectivity index (χ3n) is 2.93. The van der Waals surface area contributed by atoms with Crippen LogP contribution in [0.3, 0.4) is 0 Å². The number of ether oxygens (including phenoxy) is 1. The Morgan fingerprint density at radius 2 is 2.15 bits per heavy atom. The van der Waals surface area contributed by atoms with Crippen LogP contribution in [0.1, 0.15) is 0 Å². The Morgan fingerprint density at radius 3 is 2.85 bits per heavy atom. The number of hydrogen-bond acceptors (Lipinski definition) is 5. The van der Waals surface area contributed by atoms with Gasteiger partial charge in [-0.25, -0.2) is 4.68 Å². The molecule has 2 aromatic heterocycles. The molecule has 100 valence electrons. The highest BCUT2D eigenvalue weighted by molar-refractivity contribution is 5.60. The first kappa shape index (κ1) is 12.2. The molecule has 2 N–H and O–H groups in total. The molecule has 1 aromatic carbocycles. The molecule has 0 unspecified atom stereocenters. The van der Waals surface area contributed by atoms with Crippen LogP contribution in [0.4, 0.5) is 5.69 Å². The Bertz CT molecular complexity index is 723. The van der Waals surface area contributed by atoms with Gasteiger partial charge in [0.2, 0.25) is 0 Å². The average molecular weight is 267 g/mol. The van der Waals surface area contributed by atoms with Gasteiger partial charge in [-0.3, -0.25) is 4.98 Å². The fraction of sp³-hybridized carbons (Fsp3) is 0.0714. The van der Waals surface area contributed by atoms with Crippen LogP contribution in [0, 0.1) is 0 Å². The van der Waals surface area contributed by atoms with Gasteiger partial charge in [0.25, 0.3) is 0 Å². The predicted octanol–water partition coefficient (Wildman–Crippen LogP) is 1.92. The Labute approximate surface area is 115 Å². The minimum atomic E-state index is 0.559. The molecule has 0 spiro atoms. The normalized spacial score (nSPS) is 10.4. The minimum absolute atomic E-state index is 0.559. The number of nitrogens with zero attached hydrogens (tertiary/aromatic N) is 4. The molecule has 20 heavy (non-hydrogen) atoms. The van der Waals surface area contributed by atoms with Gasteiger partial charge in [-0.05, 0) is 30.3 Å². The average Bonchev–Trinajstić information content (AvgIpc) is 2.98. The van der Waals surface area contributed by atoms with E-state index in [-0.39, 0.29) is 0 Å². The molecule has 0 bridgehead atoms. The van der Waals surface area contributed by atoms with Crippen molar-refractivity contribution in [3.63, 3.8) is 0 Å². The van der Waals surface area contributed by atoms with Crippen molar-refractivity contribution in [3.05, 3.63) is 48.9 Å². The molecular weight excluding hydrogens is 254 g/mol. The zero-order chi connectivity index (χ0) is 13.9. The highest BCUT2D eigenvalue weighted by Gasteiger charge is 2.07. The first-order chi connectivity index (χ1) is 9.78. The van der Waals surface area contributed by atoms with E-state index in [1.165, 1.54) is 0 Å². The number of nitrogen functional groups attached to an aromatic ring is 1. The molecular formula is C14H13N5O. The molecule has 6 heteroatoms. The first-order valence-electron chi connectivity index (χ1n) is 6.04. The summed E-state index contributed by atoms with van der Waals surface area (Å²) in [5.74, 6) is 0.640. The Morgan fingerprint density at radius 1 is 1.25 bits per heavy atom. The molecule has 0 aliphatic carbocycles. The monoisotopic (exact) mass is 267 g/mol. The number of pyridine rings is 1. The van der Waals surface area contributed by atoms with Crippen molar-refractivity contribution in [3.8, 4) is 22.7 Å². The van der Waals surface area contributed by atoms with Crippen LogP contribution in [-0.4, -0.2) is 27.1 Å². The smallest absolute Gasteiger partial charge is 0.141 e. The highest BCUT2D eigenvalue weighted by atomic mass is 16.5. The molecule has 6 nitrogen and oxygen atoms in total. The van der Waals surface area contributed by atoms with Crippen molar-refractivity contribution >= 4 is 5.69 Å². The molecule has 0 saturated heterocycles. The standard InChI is InChI=1S/C14H13N5O/c1-20-14-5-4-11(7-12(14)15)19-9-13(17-18-19)10-3-2-6-16-8-10/h2-9H,15H2,1H3. The van der Waals surface area contributed by atoms with Crippen molar-refractivity contribution in [2.45, 2.75) is 0 Å². The van der Waals surface area contributed by atoms with Gasteiger partial charge in [0.15, 0.2) is 0 Å². The zero-order valence-electron chi connectivity index (χ0n) is 10.9. The van der Waals surface area contributed by atoms with Crippen LogP contribution >= 0.6 is 0 Å². The maximum absolute atomic E-state index is 5.89. The van der Waals surface area contributed by atoms with E-state index in [0.717, 1.165) is 16.9 Å². The summed E-state index contributed by atoms with van der Waals surface area (Å²) in [6.45, 7) is 0. The quantitative estimate of drug-likeness (QED) is 0.733. The summed E-state index contributed by atoms with van der Waals surface area (Å²) in [6.07, 6.45) is 5.30. The van der Waals surface area contributed by atoms with E-state index in [4.69, 9.17) is 10.5 Å². The summed E-state index contributed by atoms with van der Waals surface area (Å²) < 4.78 is 6.80. The van der Waals surface area contributed by atoms with E-state index < -0.39 is 0 Å². The summed E-state index contributed by atoms with van der Waals surface area (Å²) in [5, 5.41) is 8.24. The van der Waals surface area contributed by atoms with Crippen LogP contribution < -0.4 is 10.5 Å². The fourth-order valence-corrected chi connectivity index (χ4v) is 1.90. The third kappa shape index (κ3) is 2.18. The van der Waals surface area contributed by atoms with Crippen molar-refractivity contribution in [1.82, 2.24) is 20.0 Å². The van der Waals surface area contributed by atoms with E-state index >= 15 is 0 Å². The lowest BCUT2D eigenvalue weighted by Gasteiger charge is -2.06. The minimum Gasteiger partial charge on any atom is -0.495 e. The van der Waals surface area contributed by atoms with Crippen LogP contribution in [0.2, 0.25) is 0 Å². The van der Waals surface area contributed by atoms with Gasteiger partial charge < -0.3 is 10.5 Å². The van der Waals surface area contributed by atoms with E-state index in [2.05, 4.69) is 15.3 Å². The van der Waals surface area contributed by atoms with Gasteiger partial charge in [-0.15, -0.1) is 5.10 Å². The molecule has 2 heterocycles. The molecule has 0 aliphatic rings. The number of methoxy groups -OCH3 is 1. The van der Waals surface area contributed by atoms with Crippen LogP contribution in [0.15, 0.2) is 48.9 Å². The number of nitrogens with two attached hydrogens (primary N) is 1. The Balaban J connectivity index is 1.96. The molecule has 0 radical (unpaired) electrons. The summed E-state index contributed by atoms with van der Waals surface area (Å²) in [4.78, 5) is 4.07. The topological polar surface area (TPSA) is 78.8 Å². The molecule has 0 aliphatic heterocycles. The van der Waals surface area contributed by atoms with Crippen molar-refractivity contribution < 1.29 is 4.74 Å². The summed E-state index contributed by atoms with van der Waals surface area (Å²) in [7, 11) is 1.58. The van der Waals surface area contributed by atoms with Gasteiger partial charge in [0, 0.05) is 18.0 Å². The Kier molecular flexibility index (Phi) is 3.04. The van der Waals surface area contributed by atoms with Gasteiger partial charge in [0.1, 0.15) is 11.4 Å². The lowest BCUT2D eigenvalue weighted by atomic mass is 10.2. The van der Waals surface area contributed by atoms with E-state index in [1.807, 2.05) is 24.4 Å². The molecule has 3 aromatic rings. The second-order valence-corrected chi connectivity index (χ2v) is 4.22. The summed E-state index contributed by atoms with van der Waals surface area (Å²) in [5.41, 5.74) is 8.95. The maximum atomic E-state index is 5.89. The molecule has 0 fully saturated rings. The first-order valence-corrected chi connectivity index (χ1v) is 6.04. The lowest BCUT2D eigenvalue weighted by Crippen LogP contribution is -1.98. The van der Waals surface area contributed by atoms with Crippen molar-refractivity contribution in [2.75, 3.05) is 12.8 Å². The lowest BCUT2D eigenvalue weighted by molar-refractivity contribution is 0.417. The SMILES string of the molecule is COc1ccc(-n2cc(-c3cccnc3)nn2)cc1N. The van der Waals surface area contributed by atoms with E-state index in [9.17, 15) is 0 Å². The van der Waals surface area contributed by atoms with Crippen molar-refractivity contribution in [1.29, 1.82) is 0 Å². The fourth-order valence-electron chi connectivity index (χ4n) is 1.90. The maximum Gasteiger partial charge on any atom is 0.141 e. The molecule has 0 saturated carbocycles. The highest BCUT2D eigenvalue weighted by Crippen LogP contribution is 2.24. The molecule has 0 amide bonds. The van der Waals surface area contributed by atoms with Gasteiger partial charge in [-0.2, -0.15) is 0 Å². The largest absolute Gasteiger partial charge is 0.495 e. The molecule has 3 rings (SSSR count). The zero-order valence-corrected chi connectivity index (χ0v) is 10.9. The number of anilines is 1. The number of hydrogen-bond donors (Lipinski definition) is 1. The van der Waals surface area contributed by atoms with Crippen LogP contribution in [0.25, 0.3) is 16.9 Å². The van der Waals surface area contributed by atoms with Gasteiger partial charge in [-0.1, -0.05) is 5.21 Å². The van der Waals surface area contributed by atoms with E-state index in [1.54, 1.807) is 36.3 Å². The Hall–Kier alpha value is -2.89. The summed E-state index contributed by atoms with van der Waals surface area (Å²) in [6, 6.07) is 9.26. The van der Waals surface area contributed by atoms with Gasteiger partial charge in [0.05, 0.1) is 24.7 Å². The summed E-state index contributed by atoms with van der Waals surface area (Å²) >= 11 is 0. The van der Waals surface area contributed by atoms with Crippen molar-refractivity contribution in [2.24, 2.45) is 0 Å². The second-order valence-electron chi connectivity index (χ2n) is 4.22. The molecule has 0 atom stereocenters. The van der Waals surface area contributed by atoms with Crippen LogP contribution in [0.5, 0.6) is 5.75 Å². The number of rotatable bonds is 3. The third-order valence-corrected chi connectivity index (χ3v) is 2.93. The van der Waals surface area contributed by atoms with Crippen LogP contribution in [-0.2, 0) is 0 Å². The predicted molar refractivity (Wildman–Crippen MR) is 75.6 cm³/mol. The number of aromatic nitrogens is 4.